The van der Waals surface area contributed by atoms with Gasteiger partial charge < -0.3 is 24.3 Å². The highest BCUT2D eigenvalue weighted by Crippen LogP contribution is 2.44. The zero-order valence-electron chi connectivity index (χ0n) is 25.9. The van der Waals surface area contributed by atoms with Crippen LogP contribution in [-0.2, 0) is 4.74 Å². The van der Waals surface area contributed by atoms with E-state index in [0.29, 0.717) is 54.8 Å². The lowest BCUT2D eigenvalue weighted by Gasteiger charge is -2.51. The minimum absolute atomic E-state index is 0.152. The van der Waals surface area contributed by atoms with Gasteiger partial charge in [-0.05, 0) is 106 Å². The number of nitrogens with zero attached hydrogens (tertiary/aromatic N) is 2. The molecule has 3 fully saturated rings. The fourth-order valence-electron chi connectivity index (χ4n) is 6.37. The number of rotatable bonds is 13. The summed E-state index contributed by atoms with van der Waals surface area (Å²) in [6.45, 7) is 16.2. The number of fused-ring (bicyclic) bond motifs is 4. The average molecular weight is 604 g/mol. The monoisotopic (exact) mass is 603 g/mol. The van der Waals surface area contributed by atoms with E-state index in [9.17, 15) is 0 Å². The van der Waals surface area contributed by atoms with Crippen LogP contribution in [0.4, 0.5) is 5.69 Å². The van der Waals surface area contributed by atoms with Crippen LogP contribution in [0.3, 0.4) is 0 Å². The summed E-state index contributed by atoms with van der Waals surface area (Å²) in [7, 11) is 0. The first kappa shape index (κ1) is 31.1. The molecule has 4 heterocycles. The fraction of sp³-hybridized carbons (Fsp3) is 0.486. The second-order valence-corrected chi connectivity index (χ2v) is 12.2. The largest absolute Gasteiger partial charge is 0.494 e. The van der Waals surface area contributed by atoms with E-state index in [1.54, 1.807) is 0 Å². The lowest BCUT2D eigenvalue weighted by molar-refractivity contribution is -0.0386. The predicted molar refractivity (Wildman–Crippen MR) is 177 cm³/mol. The van der Waals surface area contributed by atoms with Crippen molar-refractivity contribution in [2.45, 2.75) is 59.1 Å². The van der Waals surface area contributed by atoms with Gasteiger partial charge in [-0.3, -0.25) is 9.88 Å². The van der Waals surface area contributed by atoms with Gasteiger partial charge in [0.05, 0.1) is 31.4 Å². The number of hydrogen-bond donors (Lipinski definition) is 1. The van der Waals surface area contributed by atoms with Crippen LogP contribution >= 0.6 is 12.2 Å². The zero-order valence-corrected chi connectivity index (χ0v) is 26.7. The van der Waals surface area contributed by atoms with Gasteiger partial charge in [-0.1, -0.05) is 26.0 Å². The normalized spacial score (nSPS) is 21.8. The molecule has 2 aromatic carbocycles. The van der Waals surface area contributed by atoms with Crippen molar-refractivity contribution in [2.24, 2.45) is 17.8 Å². The summed E-state index contributed by atoms with van der Waals surface area (Å²) in [5.74, 6) is 3.83. The molecule has 230 valence electrons. The molecule has 3 aromatic rings. The van der Waals surface area contributed by atoms with Crippen LogP contribution in [0.2, 0.25) is 0 Å². The quantitative estimate of drug-likeness (QED) is 0.157. The topological polar surface area (TPSA) is 65.1 Å². The van der Waals surface area contributed by atoms with E-state index in [2.05, 4.69) is 53.8 Å². The molecular formula is C35H45N3O4S. The Morgan fingerprint density at radius 1 is 1.12 bits per heavy atom. The number of pyridine rings is 1. The summed E-state index contributed by atoms with van der Waals surface area (Å²) in [6.07, 6.45) is 6.85. The van der Waals surface area contributed by atoms with Crippen molar-refractivity contribution >= 4 is 34.0 Å². The number of piperidine rings is 3. The summed E-state index contributed by atoms with van der Waals surface area (Å²) in [5, 5.41) is 4.63. The highest BCUT2D eigenvalue weighted by Gasteiger charge is 2.44. The number of aromatic nitrogens is 1. The Bertz CT molecular complexity index is 1390. The number of anilines is 1. The first-order valence-electron chi connectivity index (χ1n) is 15.7. The third-order valence-corrected chi connectivity index (χ3v) is 8.77. The van der Waals surface area contributed by atoms with E-state index < -0.39 is 0 Å². The molecule has 0 aliphatic carbocycles. The molecule has 3 aliphatic heterocycles. The smallest absolute Gasteiger partial charge is 0.262 e. The SMILES string of the molecule is C=CC1CN2CCC1C[C@H]2[C@@H](OC(=S)Nc1c(OCC)cccc1OCC)c1ccnc2ccc(OCCC(C)C)cc12. The van der Waals surface area contributed by atoms with Crippen molar-refractivity contribution in [3.63, 3.8) is 0 Å². The van der Waals surface area contributed by atoms with Crippen molar-refractivity contribution in [2.75, 3.05) is 38.2 Å². The highest BCUT2D eigenvalue weighted by molar-refractivity contribution is 7.80. The summed E-state index contributed by atoms with van der Waals surface area (Å²) < 4.78 is 24.8. The van der Waals surface area contributed by atoms with Crippen molar-refractivity contribution in [3.05, 3.63) is 66.9 Å². The Morgan fingerprint density at radius 2 is 1.88 bits per heavy atom. The van der Waals surface area contributed by atoms with Gasteiger partial charge in [0.15, 0.2) is 0 Å². The van der Waals surface area contributed by atoms with E-state index in [4.69, 9.17) is 31.2 Å². The summed E-state index contributed by atoms with van der Waals surface area (Å²) in [5.41, 5.74) is 2.63. The van der Waals surface area contributed by atoms with E-state index in [1.165, 1.54) is 6.42 Å². The van der Waals surface area contributed by atoms with Gasteiger partial charge in [-0.15, -0.1) is 6.58 Å². The van der Waals surface area contributed by atoms with Crippen LogP contribution < -0.4 is 19.5 Å². The summed E-state index contributed by atoms with van der Waals surface area (Å²) in [4.78, 5) is 7.23. The molecule has 1 aromatic heterocycles. The maximum Gasteiger partial charge on any atom is 0.262 e. The van der Waals surface area contributed by atoms with E-state index in [-0.39, 0.29) is 17.3 Å². The Hall–Kier alpha value is -3.36. The zero-order chi connectivity index (χ0) is 30.3. The Kier molecular flexibility index (Phi) is 10.4. The van der Waals surface area contributed by atoms with E-state index in [1.807, 2.05) is 50.4 Å². The van der Waals surface area contributed by atoms with Gasteiger partial charge in [0.2, 0.25) is 0 Å². The summed E-state index contributed by atoms with van der Waals surface area (Å²) >= 11 is 5.91. The lowest BCUT2D eigenvalue weighted by atomic mass is 9.73. The van der Waals surface area contributed by atoms with Gasteiger partial charge in [0.25, 0.3) is 5.17 Å². The number of nitrogens with one attached hydrogen (secondary N) is 1. The standard InChI is InChI=1S/C35H45N3O4S/c1-6-24-22-38-18-15-25(24)20-30(38)34(42-35(43)37-33-31(39-7-2)10-9-11-32(33)40-8-3)27-14-17-36-29-13-12-26(21-28(27)29)41-19-16-23(4)5/h6,9-14,17,21,23-25,30,34H,1,7-8,15-16,18-20,22H2,2-5H3,(H,37,43)/t24?,25?,30-,34-/m0/s1. The third-order valence-electron chi connectivity index (χ3n) is 8.57. The molecular weight excluding hydrogens is 558 g/mol. The molecule has 0 saturated carbocycles. The lowest BCUT2D eigenvalue weighted by Crippen LogP contribution is -2.55. The first-order chi connectivity index (χ1) is 20.9. The van der Waals surface area contributed by atoms with Crippen LogP contribution in [-0.4, -0.2) is 54.0 Å². The fourth-order valence-corrected chi connectivity index (χ4v) is 6.58. The van der Waals surface area contributed by atoms with Gasteiger partial charge in [-0.2, -0.15) is 0 Å². The molecule has 3 saturated heterocycles. The second-order valence-electron chi connectivity index (χ2n) is 11.8. The van der Waals surface area contributed by atoms with Gasteiger partial charge in [0.1, 0.15) is 29.0 Å². The molecule has 5 atom stereocenters. The van der Waals surface area contributed by atoms with E-state index in [0.717, 1.165) is 48.1 Å². The van der Waals surface area contributed by atoms with Crippen molar-refractivity contribution in [3.8, 4) is 17.2 Å². The minimum atomic E-state index is -0.320. The predicted octanol–water partition coefficient (Wildman–Crippen LogP) is 7.81. The second kappa shape index (κ2) is 14.4. The number of ether oxygens (including phenoxy) is 4. The van der Waals surface area contributed by atoms with Crippen LogP contribution in [0.15, 0.2) is 61.3 Å². The minimum Gasteiger partial charge on any atom is -0.494 e. The first-order valence-corrected chi connectivity index (χ1v) is 16.1. The number of hydrogen-bond acceptors (Lipinski definition) is 7. The van der Waals surface area contributed by atoms with Gasteiger partial charge in [0, 0.05) is 23.7 Å². The molecule has 7 nitrogen and oxygen atoms in total. The molecule has 8 heteroatoms. The molecule has 6 rings (SSSR count). The molecule has 0 radical (unpaired) electrons. The Labute approximate surface area is 261 Å². The summed E-state index contributed by atoms with van der Waals surface area (Å²) in [6, 6.07) is 14.1. The molecule has 3 aliphatic rings. The van der Waals surface area contributed by atoms with Crippen LogP contribution in [0.25, 0.3) is 10.9 Å². The Morgan fingerprint density at radius 3 is 2.53 bits per heavy atom. The van der Waals surface area contributed by atoms with Gasteiger partial charge >= 0.3 is 0 Å². The molecule has 0 spiro atoms. The molecule has 2 bridgehead atoms. The van der Waals surface area contributed by atoms with Crippen LogP contribution in [0, 0.1) is 17.8 Å². The highest BCUT2D eigenvalue weighted by atomic mass is 32.1. The number of thiocarbonyl (C=S) groups is 1. The molecule has 1 N–H and O–H groups in total. The van der Waals surface area contributed by atoms with Gasteiger partial charge in [-0.25, -0.2) is 0 Å². The van der Waals surface area contributed by atoms with Crippen LogP contribution in [0.1, 0.15) is 58.6 Å². The maximum absolute atomic E-state index is 6.80. The molecule has 3 unspecified atom stereocenters. The average Bonchev–Trinajstić information content (AvgIpc) is 3.01. The molecule has 0 amide bonds. The van der Waals surface area contributed by atoms with Crippen molar-refractivity contribution < 1.29 is 18.9 Å². The van der Waals surface area contributed by atoms with E-state index >= 15 is 0 Å². The maximum atomic E-state index is 6.80. The van der Waals surface area contributed by atoms with Crippen molar-refractivity contribution in [1.29, 1.82) is 0 Å². The molecule has 43 heavy (non-hydrogen) atoms. The number of para-hydroxylation sites is 1. The van der Waals surface area contributed by atoms with Crippen LogP contribution in [0.5, 0.6) is 17.2 Å². The third kappa shape index (κ3) is 7.24. The Balaban J connectivity index is 1.49. The number of benzene rings is 2. The van der Waals surface area contributed by atoms with Crippen molar-refractivity contribution in [1.82, 2.24) is 9.88 Å².